The molecule has 0 saturated carbocycles. The van der Waals surface area contributed by atoms with Gasteiger partial charge in [-0.25, -0.2) is 4.68 Å². The van der Waals surface area contributed by atoms with Gasteiger partial charge in [0.25, 0.3) is 5.56 Å². The summed E-state index contributed by atoms with van der Waals surface area (Å²) in [5.41, 5.74) is -0.104. The van der Waals surface area contributed by atoms with Crippen molar-refractivity contribution < 1.29 is 4.74 Å². The summed E-state index contributed by atoms with van der Waals surface area (Å²) in [6, 6.07) is 0. The molecule has 0 aliphatic carbocycles. The van der Waals surface area contributed by atoms with Crippen LogP contribution in [-0.2, 0) is 11.3 Å². The second-order valence-electron chi connectivity index (χ2n) is 3.79. The Kier molecular flexibility index (Phi) is 4.72. The molecule has 1 aromatic heterocycles. The van der Waals surface area contributed by atoms with Gasteiger partial charge in [-0.15, -0.1) is 0 Å². The molecular weight excluding hydrogens is 354 g/mol. The fourth-order valence-corrected chi connectivity index (χ4v) is 2.23. The highest BCUT2D eigenvalue weighted by molar-refractivity contribution is 9.13. The Bertz CT molecular complexity index is 444. The van der Waals surface area contributed by atoms with Gasteiger partial charge in [-0.1, -0.05) is 0 Å². The minimum atomic E-state index is -0.104. The number of aromatic nitrogens is 2. The van der Waals surface area contributed by atoms with Crippen molar-refractivity contribution in [3.8, 4) is 0 Å². The minimum Gasteiger partial charge on any atom is -0.379 e. The van der Waals surface area contributed by atoms with Gasteiger partial charge in [0.15, 0.2) is 0 Å². The van der Waals surface area contributed by atoms with E-state index in [0.29, 0.717) is 15.5 Å². The summed E-state index contributed by atoms with van der Waals surface area (Å²) in [5, 5.41) is 4.09. The van der Waals surface area contributed by atoms with E-state index in [9.17, 15) is 4.79 Å². The first-order chi connectivity index (χ1) is 8.18. The van der Waals surface area contributed by atoms with Gasteiger partial charge in [-0.2, -0.15) is 5.10 Å². The van der Waals surface area contributed by atoms with Gasteiger partial charge in [0, 0.05) is 19.6 Å². The first kappa shape index (κ1) is 13.2. The smallest absolute Gasteiger partial charge is 0.282 e. The van der Waals surface area contributed by atoms with Crippen LogP contribution in [0.4, 0.5) is 0 Å². The molecule has 94 valence electrons. The Morgan fingerprint density at radius 3 is 2.71 bits per heavy atom. The highest BCUT2D eigenvalue weighted by Crippen LogP contribution is 2.16. The van der Waals surface area contributed by atoms with Gasteiger partial charge < -0.3 is 4.74 Å². The lowest BCUT2D eigenvalue weighted by Gasteiger charge is -2.26. The van der Waals surface area contributed by atoms with E-state index in [2.05, 4.69) is 41.9 Å². The van der Waals surface area contributed by atoms with E-state index in [4.69, 9.17) is 4.74 Å². The Morgan fingerprint density at radius 1 is 1.29 bits per heavy atom. The molecule has 0 N–H and O–H groups in total. The van der Waals surface area contributed by atoms with Crippen LogP contribution in [0.5, 0.6) is 0 Å². The first-order valence-electron chi connectivity index (χ1n) is 5.39. The van der Waals surface area contributed by atoms with E-state index in [1.165, 1.54) is 4.68 Å². The van der Waals surface area contributed by atoms with E-state index in [-0.39, 0.29) is 5.56 Å². The molecule has 0 spiro atoms. The number of nitrogens with zero attached hydrogens (tertiary/aromatic N) is 3. The second-order valence-corrected chi connectivity index (χ2v) is 5.44. The van der Waals surface area contributed by atoms with Gasteiger partial charge in [0.2, 0.25) is 0 Å². The zero-order valence-corrected chi connectivity index (χ0v) is 12.4. The van der Waals surface area contributed by atoms with E-state index >= 15 is 0 Å². The van der Waals surface area contributed by atoms with Crippen LogP contribution in [0.15, 0.2) is 19.9 Å². The van der Waals surface area contributed by atoms with Crippen molar-refractivity contribution in [1.82, 2.24) is 14.7 Å². The quantitative estimate of drug-likeness (QED) is 0.803. The van der Waals surface area contributed by atoms with Crippen molar-refractivity contribution in [3.63, 3.8) is 0 Å². The standard InChI is InChI=1S/C10H13Br2N3O2/c11-8-7-13-15(10(16)9(8)12)2-1-14-3-5-17-6-4-14/h7H,1-6H2. The summed E-state index contributed by atoms with van der Waals surface area (Å²) in [5.74, 6) is 0. The molecule has 1 saturated heterocycles. The van der Waals surface area contributed by atoms with E-state index < -0.39 is 0 Å². The highest BCUT2D eigenvalue weighted by atomic mass is 79.9. The van der Waals surface area contributed by atoms with Crippen LogP contribution >= 0.6 is 31.9 Å². The maximum absolute atomic E-state index is 11.8. The fraction of sp³-hybridized carbons (Fsp3) is 0.600. The lowest BCUT2D eigenvalue weighted by atomic mass is 10.4. The zero-order chi connectivity index (χ0) is 12.3. The van der Waals surface area contributed by atoms with Crippen molar-refractivity contribution in [2.24, 2.45) is 0 Å². The normalized spacial score (nSPS) is 17.3. The Morgan fingerprint density at radius 2 is 2.00 bits per heavy atom. The average Bonchev–Trinajstić information content (AvgIpc) is 2.36. The largest absolute Gasteiger partial charge is 0.379 e. The number of rotatable bonds is 3. The molecule has 2 rings (SSSR count). The third kappa shape index (κ3) is 3.37. The van der Waals surface area contributed by atoms with Gasteiger partial charge >= 0.3 is 0 Å². The molecule has 5 nitrogen and oxygen atoms in total. The minimum absolute atomic E-state index is 0.104. The SMILES string of the molecule is O=c1c(Br)c(Br)cnn1CCN1CCOCC1. The molecule has 1 fully saturated rings. The van der Waals surface area contributed by atoms with Crippen molar-refractivity contribution >= 4 is 31.9 Å². The lowest BCUT2D eigenvalue weighted by molar-refractivity contribution is 0.0358. The van der Waals surface area contributed by atoms with Crippen LogP contribution in [0.3, 0.4) is 0 Å². The van der Waals surface area contributed by atoms with Crippen LogP contribution in [0.1, 0.15) is 0 Å². The monoisotopic (exact) mass is 365 g/mol. The molecule has 1 aromatic rings. The van der Waals surface area contributed by atoms with E-state index in [0.717, 1.165) is 32.8 Å². The van der Waals surface area contributed by atoms with Crippen molar-refractivity contribution in [2.45, 2.75) is 6.54 Å². The van der Waals surface area contributed by atoms with Crippen LogP contribution in [0.25, 0.3) is 0 Å². The van der Waals surface area contributed by atoms with Gasteiger partial charge in [-0.05, 0) is 31.9 Å². The number of hydrogen-bond donors (Lipinski definition) is 0. The molecule has 0 amide bonds. The third-order valence-corrected chi connectivity index (χ3v) is 4.57. The molecule has 0 aromatic carbocycles. The molecule has 0 radical (unpaired) electrons. The molecule has 0 bridgehead atoms. The maximum Gasteiger partial charge on any atom is 0.282 e. The molecule has 1 aliphatic heterocycles. The molecule has 0 atom stereocenters. The lowest BCUT2D eigenvalue weighted by Crippen LogP contribution is -2.39. The summed E-state index contributed by atoms with van der Waals surface area (Å²) < 4.78 is 7.96. The number of halogens is 2. The molecular formula is C10H13Br2N3O2. The Balaban J connectivity index is 1.99. The van der Waals surface area contributed by atoms with E-state index in [1.807, 2.05) is 0 Å². The highest BCUT2D eigenvalue weighted by Gasteiger charge is 2.11. The summed E-state index contributed by atoms with van der Waals surface area (Å²) in [6.07, 6.45) is 1.63. The average molecular weight is 367 g/mol. The first-order valence-corrected chi connectivity index (χ1v) is 6.98. The molecule has 7 heteroatoms. The number of ether oxygens (including phenoxy) is 1. The molecule has 0 unspecified atom stereocenters. The Hall–Kier alpha value is -0.240. The Labute approximate surface area is 116 Å². The van der Waals surface area contributed by atoms with Gasteiger partial charge in [0.05, 0.1) is 30.4 Å². The summed E-state index contributed by atoms with van der Waals surface area (Å²) >= 11 is 6.50. The van der Waals surface area contributed by atoms with Gasteiger partial charge in [0.1, 0.15) is 4.47 Å². The van der Waals surface area contributed by atoms with Crippen LogP contribution in [0.2, 0.25) is 0 Å². The van der Waals surface area contributed by atoms with Crippen LogP contribution < -0.4 is 5.56 Å². The van der Waals surface area contributed by atoms with Gasteiger partial charge in [-0.3, -0.25) is 9.69 Å². The molecule has 2 heterocycles. The number of hydrogen-bond acceptors (Lipinski definition) is 4. The third-order valence-electron chi connectivity index (χ3n) is 2.67. The van der Waals surface area contributed by atoms with Crippen LogP contribution in [-0.4, -0.2) is 47.5 Å². The summed E-state index contributed by atoms with van der Waals surface area (Å²) in [4.78, 5) is 14.1. The van der Waals surface area contributed by atoms with Crippen molar-refractivity contribution in [3.05, 3.63) is 25.5 Å². The zero-order valence-electron chi connectivity index (χ0n) is 9.23. The maximum atomic E-state index is 11.8. The topological polar surface area (TPSA) is 47.4 Å². The predicted octanol–water partition coefficient (Wildman–Crippen LogP) is 1.10. The van der Waals surface area contributed by atoms with Crippen LogP contribution in [0, 0.1) is 0 Å². The number of morpholine rings is 1. The predicted molar refractivity (Wildman–Crippen MR) is 71.2 cm³/mol. The second kappa shape index (κ2) is 6.08. The van der Waals surface area contributed by atoms with Crippen molar-refractivity contribution in [2.75, 3.05) is 32.8 Å². The van der Waals surface area contributed by atoms with Crippen molar-refractivity contribution in [1.29, 1.82) is 0 Å². The molecule has 17 heavy (non-hydrogen) atoms. The molecule has 1 aliphatic rings. The van der Waals surface area contributed by atoms with E-state index in [1.54, 1.807) is 6.20 Å². The summed E-state index contributed by atoms with van der Waals surface area (Å²) in [7, 11) is 0. The summed E-state index contributed by atoms with van der Waals surface area (Å²) in [6.45, 7) is 4.81. The fourth-order valence-electron chi connectivity index (χ4n) is 1.67.